The largest absolute Gasteiger partial charge is 0.480 e. The van der Waals surface area contributed by atoms with Gasteiger partial charge in [-0.2, -0.15) is 0 Å². The fraction of sp³-hybridized carbons (Fsp3) is 0.391. The molecule has 520 valence electrons. The molecule has 28 nitrogen and oxygen atoms in total. The molecule has 29 heteroatoms. The number of primary amides is 1. The van der Waals surface area contributed by atoms with Crippen molar-refractivity contribution in [3.05, 3.63) is 137 Å². The van der Waals surface area contributed by atoms with E-state index in [4.69, 9.17) is 42.0 Å². The zero-order chi connectivity index (χ0) is 70.7. The number of rotatable bonds is 33. The molecule has 0 fully saturated rings. The third kappa shape index (κ3) is 19.6. The number of likely N-dealkylation sites (N-methyl/N-ethyl adjacent to an activating group) is 1. The number of aryl methyl sites for hydroxylation is 2. The molecule has 4 aromatic carbocycles. The van der Waals surface area contributed by atoms with Gasteiger partial charge in [0.05, 0.1) is 43.4 Å². The number of H-pyrrole nitrogens is 1. The molecule has 4 heterocycles. The van der Waals surface area contributed by atoms with E-state index in [1.165, 1.54) is 23.0 Å². The smallest absolute Gasteiger partial charge is 0.415 e. The lowest BCUT2D eigenvalue weighted by Crippen LogP contribution is -2.46. The maximum absolute atomic E-state index is 14.7. The molecule has 98 heavy (non-hydrogen) atoms. The minimum Gasteiger partial charge on any atom is -0.480 e. The van der Waals surface area contributed by atoms with E-state index in [1.807, 2.05) is 44.2 Å². The average molecular weight is 1370 g/mol. The summed E-state index contributed by atoms with van der Waals surface area (Å²) in [5.41, 5.74) is 16.6. The Morgan fingerprint density at radius 2 is 1.56 bits per heavy atom. The maximum Gasteiger partial charge on any atom is 0.415 e. The summed E-state index contributed by atoms with van der Waals surface area (Å²) in [7, 11) is 1.49. The maximum atomic E-state index is 14.7. The minimum absolute atomic E-state index is 0.0146. The fourth-order valence-electron chi connectivity index (χ4n) is 11.3. The highest BCUT2D eigenvalue weighted by atomic mass is 35.5. The number of imide groups is 1. The molecule has 0 bridgehead atoms. The first-order valence-corrected chi connectivity index (χ1v) is 32.6. The number of carbonyl (C=O) groups excluding carboxylic acids is 10. The van der Waals surface area contributed by atoms with Crippen LogP contribution in [0.1, 0.15) is 101 Å². The van der Waals surface area contributed by atoms with Gasteiger partial charge in [-0.25, -0.2) is 24.2 Å². The number of nitrogens with zero attached hydrogens (tertiary/aromatic N) is 5. The first kappa shape index (κ1) is 73.4. The molecular weight excluding hydrogens is 1290 g/mol. The Labute approximate surface area is 570 Å². The number of ketones is 1. The van der Waals surface area contributed by atoms with Crippen molar-refractivity contribution in [1.82, 2.24) is 35.3 Å². The minimum atomic E-state index is -1.17. The van der Waals surface area contributed by atoms with Crippen LogP contribution >= 0.6 is 11.6 Å². The molecule has 0 unspecified atom stereocenters. The van der Waals surface area contributed by atoms with Crippen LogP contribution in [0, 0.1) is 25.7 Å². The topological polar surface area (TPSA) is 387 Å². The number of benzene rings is 4. The molecule has 0 saturated heterocycles. The van der Waals surface area contributed by atoms with Gasteiger partial charge in [0.15, 0.2) is 5.78 Å². The van der Waals surface area contributed by atoms with Crippen molar-refractivity contribution >= 4 is 116 Å². The van der Waals surface area contributed by atoms with Crippen LogP contribution < -0.4 is 42.4 Å². The van der Waals surface area contributed by atoms with Crippen molar-refractivity contribution in [1.29, 1.82) is 0 Å². The van der Waals surface area contributed by atoms with Gasteiger partial charge in [0.2, 0.25) is 5.91 Å². The number of aliphatic carboxylic acids is 1. The van der Waals surface area contributed by atoms with E-state index < -0.39 is 83.6 Å². The van der Waals surface area contributed by atoms with Crippen LogP contribution in [0.25, 0.3) is 21.8 Å². The summed E-state index contributed by atoms with van der Waals surface area (Å²) in [6, 6.07) is 21.2. The van der Waals surface area contributed by atoms with Crippen LogP contribution in [0.15, 0.2) is 103 Å². The number of amides is 10. The van der Waals surface area contributed by atoms with Crippen LogP contribution in [-0.4, -0.2) is 179 Å². The Morgan fingerprint density at radius 3 is 2.26 bits per heavy atom. The van der Waals surface area contributed by atoms with Crippen LogP contribution in [-0.2, 0) is 44.8 Å². The van der Waals surface area contributed by atoms with Crippen molar-refractivity contribution < 1.29 is 76.8 Å². The Morgan fingerprint density at radius 1 is 0.827 bits per heavy atom. The predicted octanol–water partition coefficient (Wildman–Crippen LogP) is 7.87. The van der Waals surface area contributed by atoms with Crippen LogP contribution in [0.4, 0.5) is 36.2 Å². The zero-order valence-electron chi connectivity index (χ0n) is 55.1. The first-order chi connectivity index (χ1) is 46.9. The second-order valence-electron chi connectivity index (χ2n) is 24.3. The van der Waals surface area contributed by atoms with Crippen LogP contribution in [0.2, 0.25) is 0 Å². The molecular formula is C69H81ClN12O16. The van der Waals surface area contributed by atoms with E-state index in [9.17, 15) is 57.8 Å². The van der Waals surface area contributed by atoms with Crippen molar-refractivity contribution in [3.63, 3.8) is 0 Å². The molecule has 10 amide bonds. The Bertz CT molecular complexity index is 3960. The van der Waals surface area contributed by atoms with Gasteiger partial charge in [-0.1, -0.05) is 61.9 Å². The number of aromatic amines is 1. The van der Waals surface area contributed by atoms with Crippen molar-refractivity contribution in [2.75, 3.05) is 87.6 Å². The number of hydrogen-bond acceptors (Lipinski definition) is 17. The van der Waals surface area contributed by atoms with E-state index in [0.29, 0.717) is 57.5 Å². The summed E-state index contributed by atoms with van der Waals surface area (Å²) in [4.78, 5) is 156. The first-order valence-electron chi connectivity index (χ1n) is 32.0. The number of ether oxygens (including phenoxy) is 4. The number of Topliss-reactive ketones (excluding diaryl/α,β-unsaturated/α-hetero) is 1. The van der Waals surface area contributed by atoms with Gasteiger partial charge in [0.1, 0.15) is 36.3 Å². The van der Waals surface area contributed by atoms with Gasteiger partial charge in [-0.15, -0.1) is 11.6 Å². The fourth-order valence-corrected chi connectivity index (χ4v) is 11.5. The van der Waals surface area contributed by atoms with Gasteiger partial charge < -0.3 is 76.5 Å². The number of aromatic nitrogens is 2. The highest BCUT2D eigenvalue weighted by molar-refractivity contribution is 6.20. The number of alkyl halides is 1. The number of urea groups is 1. The van der Waals surface area contributed by atoms with Gasteiger partial charge >= 0.3 is 30.3 Å². The number of pyridine rings is 1. The highest BCUT2D eigenvalue weighted by Crippen LogP contribution is 2.47. The molecule has 6 aromatic rings. The molecule has 0 saturated carbocycles. The second kappa shape index (κ2) is 34.5. The average Bonchev–Trinajstić information content (AvgIpc) is 1.53. The van der Waals surface area contributed by atoms with Crippen LogP contribution in [0.5, 0.6) is 5.75 Å². The van der Waals surface area contributed by atoms with Gasteiger partial charge in [0.25, 0.3) is 23.6 Å². The summed E-state index contributed by atoms with van der Waals surface area (Å²) in [6.45, 7) is 7.15. The monoisotopic (exact) mass is 1370 g/mol. The summed E-state index contributed by atoms with van der Waals surface area (Å²) in [5.74, 6) is -5.13. The molecule has 0 aliphatic carbocycles. The number of nitrogens with two attached hydrogens (primary N) is 2. The molecule has 0 radical (unpaired) electrons. The molecule has 2 aliphatic heterocycles. The third-order valence-corrected chi connectivity index (χ3v) is 17.1. The van der Waals surface area contributed by atoms with Crippen LogP contribution in [0.3, 0.4) is 0 Å². The van der Waals surface area contributed by atoms with E-state index in [0.717, 1.165) is 39.1 Å². The number of hydrogen-bond donors (Lipinski definition) is 8. The lowest BCUT2D eigenvalue weighted by molar-refractivity contribution is -0.139. The number of anilines is 3. The van der Waals surface area contributed by atoms with E-state index >= 15 is 0 Å². The Kier molecular flexibility index (Phi) is 25.8. The normalized spacial score (nSPS) is 14.2. The molecule has 4 atom stereocenters. The molecule has 2 aliphatic rings. The van der Waals surface area contributed by atoms with Crippen molar-refractivity contribution in [2.45, 2.75) is 90.8 Å². The summed E-state index contributed by atoms with van der Waals surface area (Å²) in [5, 5.41) is 22.1. The molecule has 2 aromatic heterocycles. The van der Waals surface area contributed by atoms with Gasteiger partial charge in [-0.3, -0.25) is 38.5 Å². The third-order valence-electron chi connectivity index (χ3n) is 16.7. The van der Waals surface area contributed by atoms with Gasteiger partial charge in [-0.05, 0) is 110 Å². The SMILES string of the molecule is Cc1ccc(C(=O)Nc2cnc3[nH]c(C(=O)N4C[C@@H](CCl)c5c4cc(OC(=O)N(CCCC[C@H](N)C(=O)O)CCN(C)C(=O)OCc4ccc(NC(=O)[C@H](CCCNC(N)=O)CC(=O)[C@@H](NC(=O)OCCOCCN6C(=O)C=CC6=O)C(C)C)cc4)c4cccc(C)c54)cc3c2)cc1. The van der Waals surface area contributed by atoms with E-state index in [1.54, 1.807) is 73.3 Å². The number of unbranched alkanes of at least 4 members (excludes halogenated alkanes) is 1. The summed E-state index contributed by atoms with van der Waals surface area (Å²) in [6.07, 6.45) is 2.30. The number of carboxylic acid groups (broad SMARTS) is 1. The molecule has 10 N–H and O–H groups in total. The number of fused-ring (bicyclic) bond motifs is 4. The Balaban J connectivity index is 0.886. The lowest BCUT2D eigenvalue weighted by atomic mass is 9.89. The molecule has 0 spiro atoms. The van der Waals surface area contributed by atoms with E-state index in [-0.39, 0.29) is 121 Å². The highest BCUT2D eigenvalue weighted by Gasteiger charge is 2.37. The lowest BCUT2D eigenvalue weighted by Gasteiger charge is -2.26. The number of carbonyl (C=O) groups is 11. The number of alkyl carbamates (subject to hydrolysis) is 1. The zero-order valence-corrected chi connectivity index (χ0v) is 55.8. The standard InChI is InChI=1S/C69H81ClN12O16/c1-40(2)60(78-67(92)96-31-30-95-29-28-81-56(84)22-23-57(81)85)54(83)34-45(11-9-24-73-66(72)91)63(87)75-48-20-16-43(17-21-48)39-97-68(93)79(5)26-27-80(25-7-6-13-51(71)65(89)90)69(94)98-55-35-53-59(58-42(4)10-8-12-50(55)58)47(36-70)38-82(53)64(88)52-33-46-32-49(37-74-61(46)77-52)76-62(86)44-18-14-41(3)15-19-44/h8,10,12,14-23,32-33,35,37,40,45,47,51,60H,6-7,9,11,13,24-31,34,36,38-39,71H2,1-5H3,(H,74,77)(H,75,87)(H,76,86)(H,78,92)(H,89,90)(H3,72,73,91)/t45-,47-,51+,60+/m1/s1. The predicted molar refractivity (Wildman–Crippen MR) is 364 cm³/mol. The quantitative estimate of drug-likeness (QED) is 0.0110. The van der Waals surface area contributed by atoms with Crippen molar-refractivity contribution in [2.24, 2.45) is 23.3 Å². The number of halogens is 1. The number of carboxylic acids is 1. The van der Waals surface area contributed by atoms with Crippen molar-refractivity contribution in [3.8, 4) is 5.75 Å². The Hall–Kier alpha value is -10.5. The van der Waals surface area contributed by atoms with E-state index in [2.05, 4.69) is 31.2 Å². The summed E-state index contributed by atoms with van der Waals surface area (Å²) >= 11 is 6.68. The molecule has 8 rings (SSSR count). The number of nitrogens with one attached hydrogen (secondary N) is 5. The summed E-state index contributed by atoms with van der Waals surface area (Å²) < 4.78 is 22.5. The second-order valence-corrected chi connectivity index (χ2v) is 24.6. The van der Waals surface area contributed by atoms with Gasteiger partial charge in [0, 0.05) is 104 Å².